The van der Waals surface area contributed by atoms with E-state index in [-0.39, 0.29) is 6.42 Å². The Hall–Kier alpha value is -2.14. The smallest absolute Gasteiger partial charge is 0.303 e. The van der Waals surface area contributed by atoms with Gasteiger partial charge in [-0.2, -0.15) is 13.2 Å². The average Bonchev–Trinajstić information content (AvgIpc) is 2.64. The van der Waals surface area contributed by atoms with Crippen LogP contribution in [0.2, 0.25) is 0 Å². The monoisotopic (exact) mass is 361 g/mol. The van der Waals surface area contributed by atoms with Gasteiger partial charge in [-0.3, -0.25) is 4.90 Å². The predicted molar refractivity (Wildman–Crippen MR) is 94.8 cm³/mol. The van der Waals surface area contributed by atoms with Crippen LogP contribution in [0, 0.1) is 0 Å². The van der Waals surface area contributed by atoms with Gasteiger partial charge in [0.15, 0.2) is 0 Å². The Balaban J connectivity index is 1.77. The molecule has 0 N–H and O–H groups in total. The van der Waals surface area contributed by atoms with Crippen molar-refractivity contribution in [1.29, 1.82) is 0 Å². The predicted octanol–water partition coefficient (Wildman–Crippen LogP) is 4.83. The van der Waals surface area contributed by atoms with Gasteiger partial charge in [0.1, 0.15) is 6.29 Å². The van der Waals surface area contributed by atoms with Crippen molar-refractivity contribution in [1.82, 2.24) is 4.90 Å². The van der Waals surface area contributed by atoms with Gasteiger partial charge >= 0.3 is 6.18 Å². The lowest BCUT2D eigenvalue weighted by Crippen LogP contribution is -2.42. The lowest BCUT2D eigenvalue weighted by Gasteiger charge is -2.41. The van der Waals surface area contributed by atoms with Crippen molar-refractivity contribution in [3.63, 3.8) is 0 Å². The highest BCUT2D eigenvalue weighted by molar-refractivity contribution is 5.54. The van der Waals surface area contributed by atoms with Gasteiger partial charge in [0.25, 0.3) is 0 Å². The van der Waals surface area contributed by atoms with E-state index in [4.69, 9.17) is 0 Å². The van der Waals surface area contributed by atoms with Gasteiger partial charge in [-0.25, -0.2) is 0 Å². The molecule has 2 aromatic rings. The van der Waals surface area contributed by atoms with Crippen molar-refractivity contribution in [2.45, 2.75) is 37.4 Å². The first-order valence-electron chi connectivity index (χ1n) is 8.81. The zero-order valence-electron chi connectivity index (χ0n) is 14.5. The fraction of sp³-hybridized carbons (Fsp3) is 0.381. The van der Waals surface area contributed by atoms with Gasteiger partial charge in [-0.05, 0) is 43.1 Å². The van der Waals surface area contributed by atoms with E-state index in [9.17, 15) is 18.0 Å². The SMILES string of the molecule is O=CCC1(c2cccc(C(F)(F)F)c2)CCN(Cc2ccccc2)CC1. The second kappa shape index (κ2) is 7.62. The number of alkyl halides is 3. The third-order valence-electron chi connectivity index (χ3n) is 5.34. The van der Waals surface area contributed by atoms with E-state index < -0.39 is 17.2 Å². The minimum absolute atomic E-state index is 0.257. The van der Waals surface area contributed by atoms with Gasteiger partial charge in [0, 0.05) is 18.4 Å². The second-order valence-corrected chi connectivity index (χ2v) is 6.99. The van der Waals surface area contributed by atoms with Crippen molar-refractivity contribution < 1.29 is 18.0 Å². The molecule has 1 aliphatic rings. The maximum absolute atomic E-state index is 13.1. The van der Waals surface area contributed by atoms with Crippen LogP contribution in [0.1, 0.15) is 36.0 Å². The summed E-state index contributed by atoms with van der Waals surface area (Å²) in [5.74, 6) is 0. The summed E-state index contributed by atoms with van der Waals surface area (Å²) in [4.78, 5) is 13.6. The number of aldehydes is 1. The van der Waals surface area contributed by atoms with Crippen LogP contribution in [0.5, 0.6) is 0 Å². The van der Waals surface area contributed by atoms with Crippen LogP contribution in [-0.2, 0) is 22.9 Å². The quantitative estimate of drug-likeness (QED) is 0.711. The molecule has 0 amide bonds. The minimum atomic E-state index is -4.37. The van der Waals surface area contributed by atoms with Crippen molar-refractivity contribution in [2.75, 3.05) is 13.1 Å². The van der Waals surface area contributed by atoms with Crippen LogP contribution in [0.25, 0.3) is 0 Å². The summed E-state index contributed by atoms with van der Waals surface area (Å²) in [6, 6.07) is 15.6. The lowest BCUT2D eigenvalue weighted by molar-refractivity contribution is -0.137. The van der Waals surface area contributed by atoms with Gasteiger partial charge in [0.05, 0.1) is 5.56 Å². The molecule has 0 bridgehead atoms. The number of likely N-dealkylation sites (tertiary alicyclic amines) is 1. The molecule has 1 heterocycles. The Labute approximate surface area is 151 Å². The first kappa shape index (κ1) is 18.6. The Kier molecular flexibility index (Phi) is 5.47. The standard InChI is InChI=1S/C21H22F3NO/c22-21(23,24)19-8-4-7-18(15-19)20(11-14-26)9-12-25(13-10-20)16-17-5-2-1-3-6-17/h1-8,14-15H,9-13,16H2. The highest BCUT2D eigenvalue weighted by Crippen LogP contribution is 2.40. The zero-order chi connectivity index (χ0) is 18.6. The van der Waals surface area contributed by atoms with E-state index in [0.29, 0.717) is 18.4 Å². The summed E-state index contributed by atoms with van der Waals surface area (Å²) in [5.41, 5.74) is 0.691. The number of halogens is 3. The topological polar surface area (TPSA) is 20.3 Å². The number of rotatable bonds is 5. The van der Waals surface area contributed by atoms with Crippen LogP contribution < -0.4 is 0 Å². The summed E-state index contributed by atoms with van der Waals surface area (Å²) in [6.45, 7) is 2.35. The first-order valence-corrected chi connectivity index (χ1v) is 8.81. The maximum atomic E-state index is 13.1. The fourth-order valence-electron chi connectivity index (χ4n) is 3.78. The third kappa shape index (κ3) is 4.15. The van der Waals surface area contributed by atoms with Crippen molar-refractivity contribution >= 4 is 6.29 Å². The molecule has 5 heteroatoms. The summed E-state index contributed by atoms with van der Waals surface area (Å²) >= 11 is 0. The Morgan fingerprint density at radius 1 is 1.00 bits per heavy atom. The largest absolute Gasteiger partial charge is 0.416 e. The average molecular weight is 361 g/mol. The van der Waals surface area contributed by atoms with Gasteiger partial charge < -0.3 is 4.79 Å². The van der Waals surface area contributed by atoms with Crippen LogP contribution in [-0.4, -0.2) is 24.3 Å². The number of piperidine rings is 1. The molecule has 0 unspecified atom stereocenters. The van der Waals surface area contributed by atoms with Gasteiger partial charge in [-0.1, -0.05) is 48.5 Å². The summed E-state index contributed by atoms with van der Waals surface area (Å²) in [5, 5.41) is 0. The third-order valence-corrected chi connectivity index (χ3v) is 5.34. The summed E-state index contributed by atoms with van der Waals surface area (Å²) in [6.07, 6.45) is -1.91. The highest BCUT2D eigenvalue weighted by atomic mass is 19.4. The molecule has 138 valence electrons. The molecule has 0 spiro atoms. The van der Waals surface area contributed by atoms with E-state index in [2.05, 4.69) is 17.0 Å². The number of carbonyl (C=O) groups is 1. The molecular formula is C21H22F3NO. The lowest BCUT2D eigenvalue weighted by atomic mass is 9.70. The Bertz CT molecular complexity index is 734. The van der Waals surface area contributed by atoms with E-state index in [0.717, 1.165) is 32.0 Å². The van der Waals surface area contributed by atoms with E-state index in [1.807, 2.05) is 18.2 Å². The molecule has 0 atom stereocenters. The molecule has 26 heavy (non-hydrogen) atoms. The van der Waals surface area contributed by atoms with Crippen LogP contribution >= 0.6 is 0 Å². The van der Waals surface area contributed by atoms with Gasteiger partial charge in [-0.15, -0.1) is 0 Å². The Morgan fingerprint density at radius 2 is 1.69 bits per heavy atom. The van der Waals surface area contributed by atoms with E-state index >= 15 is 0 Å². The molecule has 1 aliphatic heterocycles. The van der Waals surface area contributed by atoms with E-state index in [1.165, 1.54) is 17.7 Å². The molecule has 2 nitrogen and oxygen atoms in total. The molecule has 0 saturated carbocycles. The minimum Gasteiger partial charge on any atom is -0.303 e. The number of hydrogen-bond donors (Lipinski definition) is 0. The molecule has 2 aromatic carbocycles. The highest BCUT2D eigenvalue weighted by Gasteiger charge is 2.38. The van der Waals surface area contributed by atoms with Crippen LogP contribution in [0.15, 0.2) is 54.6 Å². The molecule has 1 saturated heterocycles. The fourth-order valence-corrected chi connectivity index (χ4v) is 3.78. The van der Waals surface area contributed by atoms with Crippen LogP contribution in [0.4, 0.5) is 13.2 Å². The zero-order valence-corrected chi connectivity index (χ0v) is 14.5. The maximum Gasteiger partial charge on any atom is 0.416 e. The molecule has 3 rings (SSSR count). The van der Waals surface area contributed by atoms with Crippen molar-refractivity contribution in [3.05, 3.63) is 71.3 Å². The van der Waals surface area contributed by atoms with Crippen LogP contribution in [0.3, 0.4) is 0 Å². The van der Waals surface area contributed by atoms with Crippen molar-refractivity contribution in [2.24, 2.45) is 0 Å². The Morgan fingerprint density at radius 3 is 2.31 bits per heavy atom. The molecule has 0 aliphatic carbocycles. The van der Waals surface area contributed by atoms with E-state index in [1.54, 1.807) is 6.07 Å². The number of carbonyl (C=O) groups excluding carboxylic acids is 1. The second-order valence-electron chi connectivity index (χ2n) is 6.99. The normalized spacial score (nSPS) is 17.8. The van der Waals surface area contributed by atoms with Gasteiger partial charge in [0.2, 0.25) is 0 Å². The molecule has 0 aromatic heterocycles. The molecular weight excluding hydrogens is 339 g/mol. The molecule has 0 radical (unpaired) electrons. The number of nitrogens with zero attached hydrogens (tertiary/aromatic N) is 1. The first-order chi connectivity index (χ1) is 12.4. The number of benzene rings is 2. The summed E-state index contributed by atoms with van der Waals surface area (Å²) in [7, 11) is 0. The molecule has 1 fully saturated rings. The summed E-state index contributed by atoms with van der Waals surface area (Å²) < 4.78 is 39.2. The number of hydrogen-bond acceptors (Lipinski definition) is 2. The van der Waals surface area contributed by atoms with Crippen molar-refractivity contribution in [3.8, 4) is 0 Å².